The molecule has 1 rings (SSSR count). The minimum Gasteiger partial charge on any atom is -0.476 e. The zero-order valence-corrected chi connectivity index (χ0v) is 16.1. The van der Waals surface area contributed by atoms with Gasteiger partial charge in [0.15, 0.2) is 11.8 Å². The summed E-state index contributed by atoms with van der Waals surface area (Å²) in [5, 5.41) is 11.0. The molecule has 138 valence electrons. The van der Waals surface area contributed by atoms with Crippen LogP contribution in [0.4, 0.5) is 0 Å². The molecular formula is C17H30N2O4S. The topological polar surface area (TPSA) is 103 Å². The van der Waals surface area contributed by atoms with Gasteiger partial charge in [-0.25, -0.2) is 9.78 Å². The van der Waals surface area contributed by atoms with Crippen LogP contribution in [0.25, 0.3) is 0 Å². The smallest absolute Gasteiger partial charge is 0.355 e. The van der Waals surface area contributed by atoms with Gasteiger partial charge in [-0.1, -0.05) is 34.1 Å². The standard InChI is InChI=1S/C16H25NO4S.CH5N/c1-5-11(4)8-14(18)21-13(7-6-10(2)3)15-17-12(9-22-15)16(19)20;1-2/h9-11,13H,5-8H2,1-4H3,(H,19,20);2H2,1H3/t11-,13?;/m1./s1. The SMILES string of the molecule is CC[C@@H](C)CC(=O)OC(CCC(C)C)c1nc(C(=O)O)cs1.CN. The molecule has 2 atom stereocenters. The van der Waals surface area contributed by atoms with Crippen molar-refractivity contribution >= 4 is 23.3 Å². The maximum Gasteiger partial charge on any atom is 0.355 e. The highest BCUT2D eigenvalue weighted by Crippen LogP contribution is 2.28. The van der Waals surface area contributed by atoms with Crippen molar-refractivity contribution in [2.45, 2.75) is 59.5 Å². The van der Waals surface area contributed by atoms with Crippen LogP contribution in [0.1, 0.15) is 75.0 Å². The van der Waals surface area contributed by atoms with Crippen molar-refractivity contribution in [1.29, 1.82) is 0 Å². The lowest BCUT2D eigenvalue weighted by molar-refractivity contribution is -0.151. The van der Waals surface area contributed by atoms with Gasteiger partial charge in [-0.3, -0.25) is 4.79 Å². The first-order chi connectivity index (χ1) is 11.3. The van der Waals surface area contributed by atoms with Crippen molar-refractivity contribution in [3.05, 3.63) is 16.1 Å². The quantitative estimate of drug-likeness (QED) is 0.650. The van der Waals surface area contributed by atoms with Gasteiger partial charge in [0.1, 0.15) is 5.01 Å². The van der Waals surface area contributed by atoms with E-state index in [1.165, 1.54) is 23.8 Å². The molecule has 7 heteroatoms. The van der Waals surface area contributed by atoms with E-state index in [4.69, 9.17) is 9.84 Å². The molecule has 1 heterocycles. The predicted octanol–water partition coefficient (Wildman–Crippen LogP) is 3.87. The van der Waals surface area contributed by atoms with Crippen molar-refractivity contribution in [3.63, 3.8) is 0 Å². The first kappa shape index (κ1) is 22.5. The van der Waals surface area contributed by atoms with Gasteiger partial charge in [0.05, 0.1) is 0 Å². The molecule has 0 fully saturated rings. The highest BCUT2D eigenvalue weighted by Gasteiger charge is 2.22. The van der Waals surface area contributed by atoms with E-state index in [0.717, 1.165) is 12.8 Å². The van der Waals surface area contributed by atoms with Crippen molar-refractivity contribution in [2.24, 2.45) is 17.6 Å². The molecule has 0 saturated carbocycles. The Kier molecular flexibility index (Phi) is 11.2. The van der Waals surface area contributed by atoms with Crippen LogP contribution in [0, 0.1) is 11.8 Å². The van der Waals surface area contributed by atoms with Gasteiger partial charge in [0.2, 0.25) is 0 Å². The van der Waals surface area contributed by atoms with Crippen LogP contribution in [0.3, 0.4) is 0 Å². The second-order valence-electron chi connectivity index (χ2n) is 6.04. The lowest BCUT2D eigenvalue weighted by Crippen LogP contribution is -2.15. The number of aromatic carboxylic acids is 1. The van der Waals surface area contributed by atoms with Gasteiger partial charge in [0, 0.05) is 11.8 Å². The number of thiazole rings is 1. The van der Waals surface area contributed by atoms with Gasteiger partial charge < -0.3 is 15.6 Å². The Morgan fingerprint density at radius 1 is 1.29 bits per heavy atom. The molecule has 0 amide bonds. The van der Waals surface area contributed by atoms with Gasteiger partial charge in [-0.15, -0.1) is 11.3 Å². The Morgan fingerprint density at radius 3 is 2.38 bits per heavy atom. The molecule has 0 aliphatic heterocycles. The van der Waals surface area contributed by atoms with Gasteiger partial charge in [-0.05, 0) is 31.7 Å². The first-order valence-corrected chi connectivity index (χ1v) is 9.17. The Bertz CT molecular complexity index is 503. The van der Waals surface area contributed by atoms with Crippen molar-refractivity contribution in [3.8, 4) is 0 Å². The summed E-state index contributed by atoms with van der Waals surface area (Å²) < 4.78 is 5.57. The molecule has 1 aromatic heterocycles. The van der Waals surface area contributed by atoms with E-state index < -0.39 is 12.1 Å². The maximum absolute atomic E-state index is 12.0. The van der Waals surface area contributed by atoms with E-state index in [2.05, 4.69) is 24.6 Å². The molecule has 1 aromatic rings. The van der Waals surface area contributed by atoms with Crippen LogP contribution in [-0.4, -0.2) is 29.1 Å². The zero-order valence-electron chi connectivity index (χ0n) is 15.2. The number of aromatic nitrogens is 1. The molecule has 0 aromatic carbocycles. The molecule has 0 aliphatic carbocycles. The van der Waals surface area contributed by atoms with E-state index in [1.54, 1.807) is 0 Å². The molecule has 3 N–H and O–H groups in total. The molecule has 24 heavy (non-hydrogen) atoms. The number of hydrogen-bond donors (Lipinski definition) is 2. The summed E-state index contributed by atoms with van der Waals surface area (Å²) >= 11 is 1.24. The summed E-state index contributed by atoms with van der Waals surface area (Å²) in [6.07, 6.45) is 2.41. The fourth-order valence-corrected chi connectivity index (χ4v) is 2.74. The Balaban J connectivity index is 0.00000254. The summed E-state index contributed by atoms with van der Waals surface area (Å²) in [5.41, 5.74) is 4.51. The second kappa shape index (κ2) is 12.0. The minimum atomic E-state index is -1.06. The predicted molar refractivity (Wildman–Crippen MR) is 96.2 cm³/mol. The van der Waals surface area contributed by atoms with Crippen LogP contribution in [0.15, 0.2) is 5.38 Å². The summed E-state index contributed by atoms with van der Waals surface area (Å²) in [5.74, 6) is -0.537. The monoisotopic (exact) mass is 358 g/mol. The summed E-state index contributed by atoms with van der Waals surface area (Å²) in [6.45, 7) is 8.25. The third-order valence-electron chi connectivity index (χ3n) is 3.51. The summed E-state index contributed by atoms with van der Waals surface area (Å²) in [6, 6.07) is 0. The van der Waals surface area contributed by atoms with Gasteiger partial charge in [0.25, 0.3) is 0 Å². The fourth-order valence-electron chi connectivity index (χ4n) is 1.89. The molecular weight excluding hydrogens is 328 g/mol. The average molecular weight is 359 g/mol. The third-order valence-corrected chi connectivity index (χ3v) is 4.45. The number of hydrogen-bond acceptors (Lipinski definition) is 6. The lowest BCUT2D eigenvalue weighted by atomic mass is 10.0. The molecule has 0 aliphatic rings. The Labute approximate surface area is 148 Å². The van der Waals surface area contributed by atoms with Crippen molar-refractivity contribution in [1.82, 2.24) is 4.98 Å². The number of esters is 1. The lowest BCUT2D eigenvalue weighted by Gasteiger charge is -2.18. The molecule has 1 unspecified atom stereocenters. The van der Waals surface area contributed by atoms with Crippen LogP contribution in [-0.2, 0) is 9.53 Å². The van der Waals surface area contributed by atoms with E-state index in [9.17, 15) is 9.59 Å². The fraction of sp³-hybridized carbons (Fsp3) is 0.706. The normalized spacial score (nSPS) is 13.0. The highest BCUT2D eigenvalue weighted by atomic mass is 32.1. The Hall–Kier alpha value is -1.47. The van der Waals surface area contributed by atoms with Crippen LogP contribution >= 0.6 is 11.3 Å². The van der Waals surface area contributed by atoms with Crippen LogP contribution in [0.2, 0.25) is 0 Å². The van der Waals surface area contributed by atoms with Crippen LogP contribution in [0.5, 0.6) is 0 Å². The minimum absolute atomic E-state index is 0.00696. The number of rotatable bonds is 9. The average Bonchev–Trinajstić information content (AvgIpc) is 3.03. The van der Waals surface area contributed by atoms with E-state index in [0.29, 0.717) is 23.8 Å². The molecule has 0 bridgehead atoms. The summed E-state index contributed by atoms with van der Waals surface area (Å²) in [7, 11) is 1.50. The number of ether oxygens (including phenoxy) is 1. The van der Waals surface area contributed by atoms with Crippen molar-refractivity contribution < 1.29 is 19.4 Å². The van der Waals surface area contributed by atoms with E-state index in [-0.39, 0.29) is 17.6 Å². The van der Waals surface area contributed by atoms with Crippen molar-refractivity contribution in [2.75, 3.05) is 7.05 Å². The van der Waals surface area contributed by atoms with Gasteiger partial charge >= 0.3 is 11.9 Å². The van der Waals surface area contributed by atoms with Gasteiger partial charge in [-0.2, -0.15) is 0 Å². The third kappa shape index (κ3) is 8.40. The molecule has 0 spiro atoms. The number of nitrogens with two attached hydrogens (primary N) is 1. The summed E-state index contributed by atoms with van der Waals surface area (Å²) in [4.78, 5) is 27.0. The number of carbonyl (C=O) groups is 2. The number of carbonyl (C=O) groups excluding carboxylic acids is 1. The van der Waals surface area contributed by atoms with Crippen LogP contribution < -0.4 is 5.73 Å². The largest absolute Gasteiger partial charge is 0.476 e. The Morgan fingerprint density at radius 2 is 1.92 bits per heavy atom. The number of nitrogens with zero attached hydrogens (tertiary/aromatic N) is 1. The number of carboxylic acids is 1. The highest BCUT2D eigenvalue weighted by molar-refractivity contribution is 7.09. The zero-order chi connectivity index (χ0) is 18.7. The molecule has 6 nitrogen and oxygen atoms in total. The molecule has 0 radical (unpaired) electrons. The van der Waals surface area contributed by atoms with E-state index in [1.807, 2.05) is 13.8 Å². The second-order valence-corrected chi connectivity index (χ2v) is 6.93. The first-order valence-electron chi connectivity index (χ1n) is 8.29. The number of carboxylic acid groups (broad SMARTS) is 1. The molecule has 0 saturated heterocycles. The maximum atomic E-state index is 12.0. The van der Waals surface area contributed by atoms with E-state index >= 15 is 0 Å².